The average molecular weight is 330 g/mol. The highest BCUT2D eigenvalue weighted by Gasteiger charge is 2.19. The number of thioether (sulfide) groups is 1. The number of nitrogens with one attached hydrogen (secondary N) is 1. The first-order valence-electron chi connectivity index (χ1n) is 8.16. The van der Waals surface area contributed by atoms with E-state index < -0.39 is 0 Å². The average Bonchev–Trinajstić information content (AvgIpc) is 2.79. The van der Waals surface area contributed by atoms with Crippen molar-refractivity contribution in [2.45, 2.75) is 70.2 Å². The van der Waals surface area contributed by atoms with E-state index in [-0.39, 0.29) is 0 Å². The zero-order chi connectivity index (χ0) is 15.2. The van der Waals surface area contributed by atoms with Crippen LogP contribution in [-0.2, 0) is 13.0 Å². The molecule has 1 saturated carbocycles. The fraction of sp³-hybridized carbons (Fsp3) is 0.812. The van der Waals surface area contributed by atoms with Gasteiger partial charge in [0.1, 0.15) is 0 Å². The van der Waals surface area contributed by atoms with Gasteiger partial charge in [-0.05, 0) is 33.7 Å². The van der Waals surface area contributed by atoms with Crippen LogP contribution in [0.15, 0.2) is 0 Å². The molecule has 1 aromatic rings. The lowest BCUT2D eigenvalue weighted by Crippen LogP contribution is -2.32. The third-order valence-corrected chi connectivity index (χ3v) is 6.42. The number of likely N-dealkylation sites (N-methyl/N-ethyl adjacent to an activating group) is 1. The molecule has 0 spiro atoms. The van der Waals surface area contributed by atoms with Crippen LogP contribution in [0.1, 0.15) is 50.4 Å². The van der Waals surface area contributed by atoms with E-state index in [2.05, 4.69) is 36.1 Å². The molecule has 0 aliphatic heterocycles. The summed E-state index contributed by atoms with van der Waals surface area (Å²) in [4.78, 5) is 0. The fourth-order valence-electron chi connectivity index (χ4n) is 3.03. The van der Waals surface area contributed by atoms with Crippen LogP contribution in [0.4, 0.5) is 0 Å². The SMILES string of the molecule is CCn1nc(C)c(Cl)c1CC(CSC1CCCCC1)NC. The van der Waals surface area contributed by atoms with Crippen molar-refractivity contribution < 1.29 is 0 Å². The molecule has 1 fully saturated rings. The number of hydrogen-bond donors (Lipinski definition) is 1. The lowest BCUT2D eigenvalue weighted by atomic mass is 10.0. The molecule has 3 nitrogen and oxygen atoms in total. The maximum atomic E-state index is 6.42. The Labute approximate surface area is 138 Å². The second-order valence-corrected chi connectivity index (χ2v) is 7.66. The van der Waals surface area contributed by atoms with Gasteiger partial charge in [0.25, 0.3) is 0 Å². The molecule has 1 aliphatic carbocycles. The van der Waals surface area contributed by atoms with Gasteiger partial charge in [-0.3, -0.25) is 4.68 Å². The Hall–Kier alpha value is -0.190. The Balaban J connectivity index is 1.92. The molecule has 1 aromatic heterocycles. The molecule has 1 N–H and O–H groups in total. The van der Waals surface area contributed by atoms with Crippen molar-refractivity contribution in [3.8, 4) is 0 Å². The molecule has 21 heavy (non-hydrogen) atoms. The van der Waals surface area contributed by atoms with Gasteiger partial charge in [0.05, 0.1) is 16.4 Å². The molecule has 2 rings (SSSR count). The molecule has 0 radical (unpaired) electrons. The van der Waals surface area contributed by atoms with E-state index in [0.29, 0.717) is 6.04 Å². The van der Waals surface area contributed by atoms with Gasteiger partial charge in [-0.25, -0.2) is 0 Å². The minimum Gasteiger partial charge on any atom is -0.316 e. The summed E-state index contributed by atoms with van der Waals surface area (Å²) in [6.45, 7) is 5.00. The topological polar surface area (TPSA) is 29.9 Å². The number of rotatable bonds is 7. The minimum absolute atomic E-state index is 0.468. The zero-order valence-electron chi connectivity index (χ0n) is 13.5. The normalized spacial score (nSPS) is 18.1. The van der Waals surface area contributed by atoms with Crippen LogP contribution >= 0.6 is 23.4 Å². The van der Waals surface area contributed by atoms with Crippen molar-refractivity contribution in [3.63, 3.8) is 0 Å². The van der Waals surface area contributed by atoms with Crippen molar-refractivity contribution in [2.75, 3.05) is 12.8 Å². The molecule has 0 bridgehead atoms. The lowest BCUT2D eigenvalue weighted by Gasteiger charge is -2.24. The van der Waals surface area contributed by atoms with Crippen molar-refractivity contribution in [2.24, 2.45) is 0 Å². The first-order chi connectivity index (χ1) is 10.2. The second kappa shape index (κ2) is 8.44. The Morgan fingerprint density at radius 1 is 1.38 bits per heavy atom. The van der Waals surface area contributed by atoms with Gasteiger partial charge >= 0.3 is 0 Å². The van der Waals surface area contributed by atoms with Gasteiger partial charge in [0, 0.05) is 30.0 Å². The number of aromatic nitrogens is 2. The molecule has 1 unspecified atom stereocenters. The van der Waals surface area contributed by atoms with Crippen LogP contribution in [0, 0.1) is 6.92 Å². The summed E-state index contributed by atoms with van der Waals surface area (Å²) in [5.74, 6) is 1.16. The molecule has 0 amide bonds. The standard InChI is InChI=1S/C16H28ClN3S/c1-4-20-15(16(17)12(2)19-20)10-13(18-3)11-21-14-8-6-5-7-9-14/h13-14,18H,4-11H2,1-3H3. The maximum absolute atomic E-state index is 6.42. The first-order valence-corrected chi connectivity index (χ1v) is 9.59. The molecular weight excluding hydrogens is 302 g/mol. The predicted octanol–water partition coefficient (Wildman–Crippen LogP) is 4.06. The van der Waals surface area contributed by atoms with Crippen LogP contribution < -0.4 is 5.32 Å². The minimum atomic E-state index is 0.468. The van der Waals surface area contributed by atoms with Crippen molar-refractivity contribution in [1.29, 1.82) is 0 Å². The predicted molar refractivity (Wildman–Crippen MR) is 93.5 cm³/mol. The third-order valence-electron chi connectivity index (χ3n) is 4.39. The second-order valence-electron chi connectivity index (χ2n) is 5.94. The van der Waals surface area contributed by atoms with Crippen LogP contribution in [-0.4, -0.2) is 33.9 Å². The summed E-state index contributed by atoms with van der Waals surface area (Å²) in [6.07, 6.45) is 8.01. The number of hydrogen-bond acceptors (Lipinski definition) is 3. The summed E-state index contributed by atoms with van der Waals surface area (Å²) in [5, 5.41) is 9.68. The molecule has 0 saturated heterocycles. The lowest BCUT2D eigenvalue weighted by molar-refractivity contribution is 0.513. The van der Waals surface area contributed by atoms with Crippen LogP contribution in [0.25, 0.3) is 0 Å². The van der Waals surface area contributed by atoms with E-state index in [1.165, 1.54) is 37.8 Å². The summed E-state index contributed by atoms with van der Waals surface area (Å²) in [5.41, 5.74) is 2.13. The summed E-state index contributed by atoms with van der Waals surface area (Å²) >= 11 is 8.56. The number of nitrogens with zero attached hydrogens (tertiary/aromatic N) is 2. The highest BCUT2D eigenvalue weighted by atomic mass is 35.5. The fourth-order valence-corrected chi connectivity index (χ4v) is 4.69. The smallest absolute Gasteiger partial charge is 0.0847 e. The summed E-state index contributed by atoms with van der Waals surface area (Å²) in [7, 11) is 2.06. The molecule has 1 atom stereocenters. The van der Waals surface area contributed by atoms with E-state index in [9.17, 15) is 0 Å². The largest absolute Gasteiger partial charge is 0.316 e. The first kappa shape index (κ1) is 17.2. The van der Waals surface area contributed by atoms with E-state index in [1.54, 1.807) is 0 Å². The van der Waals surface area contributed by atoms with Crippen molar-refractivity contribution in [3.05, 3.63) is 16.4 Å². The van der Waals surface area contributed by atoms with Crippen LogP contribution in [0.5, 0.6) is 0 Å². The molecule has 5 heteroatoms. The van der Waals surface area contributed by atoms with Gasteiger partial charge in [-0.1, -0.05) is 30.9 Å². The Bertz CT molecular complexity index is 441. The van der Waals surface area contributed by atoms with Gasteiger partial charge in [0.2, 0.25) is 0 Å². The molecule has 1 heterocycles. The highest BCUT2D eigenvalue weighted by molar-refractivity contribution is 7.99. The molecular formula is C16H28ClN3S. The third kappa shape index (κ3) is 4.64. The van der Waals surface area contributed by atoms with E-state index in [0.717, 1.165) is 34.7 Å². The van der Waals surface area contributed by atoms with Crippen molar-refractivity contribution >= 4 is 23.4 Å². The maximum Gasteiger partial charge on any atom is 0.0847 e. The Kier molecular flexibility index (Phi) is 6.90. The van der Waals surface area contributed by atoms with E-state index in [1.807, 2.05) is 11.6 Å². The van der Waals surface area contributed by atoms with Crippen LogP contribution in [0.2, 0.25) is 5.02 Å². The van der Waals surface area contributed by atoms with E-state index in [4.69, 9.17) is 11.6 Å². The molecule has 120 valence electrons. The summed E-state index contributed by atoms with van der Waals surface area (Å²) < 4.78 is 2.05. The van der Waals surface area contributed by atoms with Gasteiger partial charge in [-0.15, -0.1) is 0 Å². The monoisotopic (exact) mass is 329 g/mol. The van der Waals surface area contributed by atoms with Crippen molar-refractivity contribution in [1.82, 2.24) is 15.1 Å². The van der Waals surface area contributed by atoms with Gasteiger partial charge < -0.3 is 5.32 Å². The number of halogens is 1. The Morgan fingerprint density at radius 2 is 2.10 bits per heavy atom. The van der Waals surface area contributed by atoms with Crippen LogP contribution in [0.3, 0.4) is 0 Å². The quantitative estimate of drug-likeness (QED) is 0.818. The Morgan fingerprint density at radius 3 is 2.71 bits per heavy atom. The molecule has 0 aromatic carbocycles. The molecule has 1 aliphatic rings. The zero-order valence-corrected chi connectivity index (χ0v) is 15.1. The summed E-state index contributed by atoms with van der Waals surface area (Å²) in [6, 6.07) is 0.468. The van der Waals surface area contributed by atoms with E-state index >= 15 is 0 Å². The number of aryl methyl sites for hydroxylation is 2. The highest BCUT2D eigenvalue weighted by Crippen LogP contribution is 2.29. The van der Waals surface area contributed by atoms with Gasteiger partial charge in [0.15, 0.2) is 0 Å². The van der Waals surface area contributed by atoms with Gasteiger partial charge in [-0.2, -0.15) is 16.9 Å².